The van der Waals surface area contributed by atoms with Gasteiger partial charge < -0.3 is 4.90 Å². The molecule has 46 heavy (non-hydrogen) atoms. The van der Waals surface area contributed by atoms with Crippen LogP contribution in [0.3, 0.4) is 0 Å². The molecule has 3 heterocycles. The Morgan fingerprint density at radius 2 is 1.80 bits per heavy atom. The smallest absolute Gasteiger partial charge is 0.0985 e. The summed E-state index contributed by atoms with van der Waals surface area (Å²) in [7, 11) is 0. The van der Waals surface area contributed by atoms with Crippen molar-refractivity contribution in [3.8, 4) is 0 Å². The van der Waals surface area contributed by atoms with Gasteiger partial charge in [0.2, 0.25) is 0 Å². The number of pyridine rings is 3. The molecule has 0 saturated heterocycles. The lowest BCUT2D eigenvalue weighted by molar-refractivity contribution is 1.14. The van der Waals surface area contributed by atoms with Crippen LogP contribution in [0.1, 0.15) is 30.0 Å². The van der Waals surface area contributed by atoms with Crippen molar-refractivity contribution in [2.45, 2.75) is 19.8 Å². The average molecular weight is 595 g/mol. The minimum absolute atomic E-state index is 0.742. The minimum Gasteiger partial charge on any atom is -0.309 e. The number of rotatable bonds is 8. The zero-order valence-electron chi connectivity index (χ0n) is 25.9. The largest absolute Gasteiger partial charge is 0.309 e. The first-order chi connectivity index (χ1) is 22.7. The fourth-order valence-corrected chi connectivity index (χ4v) is 6.64. The van der Waals surface area contributed by atoms with Crippen molar-refractivity contribution in [2.24, 2.45) is 0 Å². The third-order valence-corrected chi connectivity index (χ3v) is 8.48. The van der Waals surface area contributed by atoms with E-state index in [1.54, 1.807) is 6.20 Å². The zero-order valence-corrected chi connectivity index (χ0v) is 25.9. The van der Waals surface area contributed by atoms with Crippen molar-refractivity contribution in [3.05, 3.63) is 187 Å². The average Bonchev–Trinajstić information content (AvgIpc) is 3.21. The van der Waals surface area contributed by atoms with Crippen LogP contribution < -0.4 is 4.90 Å². The highest BCUT2D eigenvalue weighted by molar-refractivity contribution is 6.10. The summed E-state index contributed by atoms with van der Waals surface area (Å²) in [5.41, 5.74) is 13.3. The van der Waals surface area contributed by atoms with Gasteiger partial charge in [0.05, 0.1) is 28.6 Å². The van der Waals surface area contributed by atoms with Crippen molar-refractivity contribution >= 4 is 44.3 Å². The molecule has 0 radical (unpaired) electrons. The van der Waals surface area contributed by atoms with Gasteiger partial charge in [-0.05, 0) is 101 Å². The van der Waals surface area contributed by atoms with E-state index in [2.05, 4.69) is 126 Å². The summed E-state index contributed by atoms with van der Waals surface area (Å²) >= 11 is 0. The molecule has 0 atom stereocenters. The summed E-state index contributed by atoms with van der Waals surface area (Å²) in [4.78, 5) is 16.1. The minimum atomic E-state index is 0.742. The van der Waals surface area contributed by atoms with Crippen molar-refractivity contribution in [1.29, 1.82) is 0 Å². The van der Waals surface area contributed by atoms with Crippen LogP contribution in [0.4, 0.5) is 11.4 Å². The Bertz CT molecular complexity index is 2190. The SMILES string of the molecule is C=C/C=C1/C2=C(CC=CC=C2)c2cccc(CC(/C=C\C)=C/C(=C)N(c3cccnc3)c3cc4cccnc4c4ncccc34)c21. The fourth-order valence-electron chi connectivity index (χ4n) is 6.64. The lowest BCUT2D eigenvalue weighted by atomic mass is 9.91. The van der Waals surface area contributed by atoms with Crippen LogP contribution >= 0.6 is 0 Å². The van der Waals surface area contributed by atoms with Crippen LogP contribution in [0, 0.1) is 0 Å². The zero-order chi connectivity index (χ0) is 31.5. The van der Waals surface area contributed by atoms with E-state index in [0.29, 0.717) is 0 Å². The predicted molar refractivity (Wildman–Crippen MR) is 194 cm³/mol. The number of aromatic nitrogens is 3. The van der Waals surface area contributed by atoms with Crippen LogP contribution in [-0.2, 0) is 6.42 Å². The molecule has 0 saturated carbocycles. The maximum atomic E-state index is 4.76. The van der Waals surface area contributed by atoms with Gasteiger partial charge in [-0.25, -0.2) is 0 Å². The Balaban J connectivity index is 1.35. The number of benzene rings is 2. The first kappa shape index (κ1) is 28.9. The molecule has 0 aliphatic heterocycles. The quantitative estimate of drug-likeness (QED) is 0.132. The van der Waals surface area contributed by atoms with E-state index < -0.39 is 0 Å². The molecule has 2 aliphatic carbocycles. The van der Waals surface area contributed by atoms with Gasteiger partial charge in [-0.3, -0.25) is 15.0 Å². The van der Waals surface area contributed by atoms with Gasteiger partial charge in [-0.15, -0.1) is 0 Å². The first-order valence-electron chi connectivity index (χ1n) is 15.5. The molecule has 4 heteroatoms. The second-order valence-electron chi connectivity index (χ2n) is 11.3. The summed E-state index contributed by atoms with van der Waals surface area (Å²) in [5.74, 6) is 0. The Labute approximate surface area is 270 Å². The van der Waals surface area contributed by atoms with Crippen molar-refractivity contribution in [3.63, 3.8) is 0 Å². The van der Waals surface area contributed by atoms with Gasteiger partial charge in [0.25, 0.3) is 0 Å². The second kappa shape index (κ2) is 12.6. The standard InChI is InChI=1S/C42H34N4/c1-4-13-30(26-31-15-9-20-37-35-19-8-6-7-18-34(35)36(14-5-2)40(31)37)25-29(3)46(33-17-11-22-43-28-33)39-27-32-16-10-23-44-41(32)42-38(39)21-12-24-45-42/h4-18,20-25,27-28H,2-3,19,26H2,1H3/b13-4-,30-25+,36-14-. The summed E-state index contributed by atoms with van der Waals surface area (Å²) in [6.45, 7) is 10.7. The third kappa shape index (κ3) is 5.24. The Morgan fingerprint density at radius 1 is 0.957 bits per heavy atom. The molecule has 5 aromatic rings. The number of hydrogen-bond acceptors (Lipinski definition) is 4. The highest BCUT2D eigenvalue weighted by Crippen LogP contribution is 2.46. The summed E-state index contributed by atoms with van der Waals surface area (Å²) in [6, 6.07) is 21.0. The number of fused-ring (bicyclic) bond motifs is 5. The molecular weight excluding hydrogens is 560 g/mol. The predicted octanol–water partition coefficient (Wildman–Crippen LogP) is 10.4. The molecule has 0 amide bonds. The van der Waals surface area contributed by atoms with Gasteiger partial charge in [-0.1, -0.05) is 86.0 Å². The molecule has 0 N–H and O–H groups in total. The van der Waals surface area contributed by atoms with E-state index in [1.807, 2.05) is 42.9 Å². The molecule has 0 fully saturated rings. The van der Waals surface area contributed by atoms with E-state index in [-0.39, 0.29) is 0 Å². The number of hydrogen-bond donors (Lipinski definition) is 0. The van der Waals surface area contributed by atoms with E-state index in [4.69, 9.17) is 4.98 Å². The van der Waals surface area contributed by atoms with Crippen LogP contribution in [0.5, 0.6) is 0 Å². The van der Waals surface area contributed by atoms with Crippen LogP contribution in [-0.4, -0.2) is 15.0 Å². The third-order valence-electron chi connectivity index (χ3n) is 8.48. The lowest BCUT2D eigenvalue weighted by Gasteiger charge is -2.27. The van der Waals surface area contributed by atoms with Crippen molar-refractivity contribution in [1.82, 2.24) is 15.0 Å². The normalized spacial score (nSPS) is 15.1. The molecule has 0 unspecified atom stereocenters. The number of anilines is 2. The van der Waals surface area contributed by atoms with Gasteiger partial charge in [0.15, 0.2) is 0 Å². The van der Waals surface area contributed by atoms with E-state index in [1.165, 1.54) is 33.4 Å². The summed E-state index contributed by atoms with van der Waals surface area (Å²) in [6.07, 6.45) is 28.2. The maximum absolute atomic E-state index is 4.76. The Morgan fingerprint density at radius 3 is 2.63 bits per heavy atom. The van der Waals surface area contributed by atoms with Crippen molar-refractivity contribution in [2.75, 3.05) is 4.90 Å². The Kier molecular flexibility index (Phi) is 7.92. The summed E-state index contributed by atoms with van der Waals surface area (Å²) < 4.78 is 0. The maximum Gasteiger partial charge on any atom is 0.0985 e. The lowest BCUT2D eigenvalue weighted by Crippen LogP contribution is -2.16. The molecule has 2 aliphatic rings. The molecule has 7 rings (SSSR count). The fraction of sp³-hybridized carbons (Fsp3) is 0.0714. The molecule has 222 valence electrons. The van der Waals surface area contributed by atoms with Gasteiger partial charge in [-0.2, -0.15) is 0 Å². The Hall–Kier alpha value is -5.87. The van der Waals surface area contributed by atoms with Crippen LogP contribution in [0.2, 0.25) is 0 Å². The molecule has 0 bridgehead atoms. The van der Waals surface area contributed by atoms with Crippen molar-refractivity contribution < 1.29 is 0 Å². The summed E-state index contributed by atoms with van der Waals surface area (Å²) in [5, 5.41) is 2.01. The van der Waals surface area contributed by atoms with E-state index >= 15 is 0 Å². The molecule has 4 nitrogen and oxygen atoms in total. The van der Waals surface area contributed by atoms with Crippen LogP contribution in [0.15, 0.2) is 170 Å². The monoisotopic (exact) mass is 594 g/mol. The molecule has 3 aromatic heterocycles. The molecule has 0 spiro atoms. The topological polar surface area (TPSA) is 41.9 Å². The second-order valence-corrected chi connectivity index (χ2v) is 11.3. The molecule has 2 aromatic carbocycles. The highest BCUT2D eigenvalue weighted by atomic mass is 15.2. The first-order valence-corrected chi connectivity index (χ1v) is 15.5. The van der Waals surface area contributed by atoms with Gasteiger partial charge in [0.1, 0.15) is 0 Å². The highest BCUT2D eigenvalue weighted by Gasteiger charge is 2.27. The van der Waals surface area contributed by atoms with E-state index in [0.717, 1.165) is 57.3 Å². The van der Waals surface area contributed by atoms with Gasteiger partial charge >= 0.3 is 0 Å². The molecular formula is C42H34N4. The van der Waals surface area contributed by atoms with Gasteiger partial charge in [0, 0.05) is 35.1 Å². The number of nitrogens with zero attached hydrogens (tertiary/aromatic N) is 4. The van der Waals surface area contributed by atoms with Crippen LogP contribution in [0.25, 0.3) is 33.0 Å². The number of allylic oxidation sites excluding steroid dienone is 13. The van der Waals surface area contributed by atoms with E-state index in [9.17, 15) is 0 Å².